The molecule has 3 rings (SSSR count). The van der Waals surface area contributed by atoms with Crippen LogP contribution in [0.4, 0.5) is 11.6 Å². The minimum absolute atomic E-state index is 0.537. The Labute approximate surface area is 122 Å². The molecule has 0 atom stereocenters. The van der Waals surface area contributed by atoms with Crippen LogP contribution in [-0.2, 0) is 6.54 Å². The van der Waals surface area contributed by atoms with Crippen molar-refractivity contribution in [3.63, 3.8) is 0 Å². The lowest BCUT2D eigenvalue weighted by atomic mass is 10.2. The second-order valence-electron chi connectivity index (χ2n) is 4.55. The Morgan fingerprint density at radius 2 is 1.90 bits per heavy atom. The smallest absolute Gasteiger partial charge is 0.153 e. The number of pyridine rings is 1. The van der Waals surface area contributed by atoms with Crippen LogP contribution in [0.25, 0.3) is 0 Å². The van der Waals surface area contributed by atoms with Crippen molar-refractivity contribution >= 4 is 11.6 Å². The number of hydrogen-bond acceptors (Lipinski definition) is 4. The fourth-order valence-corrected chi connectivity index (χ4v) is 1.95. The topological polar surface area (TPSA) is 66.5 Å². The average Bonchev–Trinajstić information content (AvgIpc) is 2.96. The average molecular weight is 275 g/mol. The van der Waals surface area contributed by atoms with E-state index in [9.17, 15) is 0 Å². The van der Waals surface area contributed by atoms with Crippen molar-refractivity contribution in [3.8, 4) is 6.07 Å². The number of aromatic nitrogens is 3. The molecule has 1 N–H and O–H groups in total. The molecule has 0 aliphatic rings. The minimum atomic E-state index is 0.537. The third-order valence-corrected chi connectivity index (χ3v) is 2.98. The maximum atomic E-state index is 8.74. The van der Waals surface area contributed by atoms with Gasteiger partial charge in [0.1, 0.15) is 11.9 Å². The number of rotatable bonds is 4. The highest BCUT2D eigenvalue weighted by Gasteiger charge is 2.01. The van der Waals surface area contributed by atoms with Gasteiger partial charge in [-0.15, -0.1) is 0 Å². The maximum Gasteiger partial charge on any atom is 0.153 e. The fraction of sp³-hybridized carbons (Fsp3) is 0.0625. The number of benzene rings is 1. The number of nitrogens with zero attached hydrogens (tertiary/aromatic N) is 4. The molecular weight excluding hydrogens is 262 g/mol. The SMILES string of the molecule is N#Cc1ccc(Nc2ccn(Cc3ccccc3)n2)nc1. The molecule has 5 heteroatoms. The van der Waals surface area contributed by atoms with Gasteiger partial charge in [-0.25, -0.2) is 4.98 Å². The van der Waals surface area contributed by atoms with Crippen LogP contribution in [0.5, 0.6) is 0 Å². The van der Waals surface area contributed by atoms with Gasteiger partial charge >= 0.3 is 0 Å². The van der Waals surface area contributed by atoms with Gasteiger partial charge in [0, 0.05) is 18.5 Å². The molecule has 0 saturated heterocycles. The summed E-state index contributed by atoms with van der Waals surface area (Å²) in [6.45, 7) is 0.726. The van der Waals surface area contributed by atoms with Crippen LogP contribution < -0.4 is 5.32 Å². The molecular formula is C16H13N5. The van der Waals surface area contributed by atoms with Crippen molar-refractivity contribution in [2.45, 2.75) is 6.54 Å². The van der Waals surface area contributed by atoms with E-state index in [2.05, 4.69) is 27.5 Å². The summed E-state index contributed by atoms with van der Waals surface area (Å²) in [7, 11) is 0. The lowest BCUT2D eigenvalue weighted by Gasteiger charge is -2.03. The van der Waals surface area contributed by atoms with Gasteiger partial charge in [-0.3, -0.25) is 4.68 Å². The first-order valence-corrected chi connectivity index (χ1v) is 6.54. The molecule has 0 saturated carbocycles. The number of nitrogens with one attached hydrogen (secondary N) is 1. The van der Waals surface area contributed by atoms with Crippen LogP contribution in [0.3, 0.4) is 0 Å². The highest BCUT2D eigenvalue weighted by molar-refractivity contribution is 5.51. The number of nitriles is 1. The van der Waals surface area contributed by atoms with Gasteiger partial charge in [-0.2, -0.15) is 10.4 Å². The summed E-state index contributed by atoms with van der Waals surface area (Å²) in [6, 6.07) is 17.6. The number of anilines is 2. The zero-order chi connectivity index (χ0) is 14.5. The van der Waals surface area contributed by atoms with E-state index in [4.69, 9.17) is 5.26 Å². The maximum absolute atomic E-state index is 8.74. The summed E-state index contributed by atoms with van der Waals surface area (Å²) < 4.78 is 1.86. The van der Waals surface area contributed by atoms with Crippen LogP contribution in [0.1, 0.15) is 11.1 Å². The predicted molar refractivity (Wildman–Crippen MR) is 80.0 cm³/mol. The van der Waals surface area contributed by atoms with Gasteiger partial charge in [0.05, 0.1) is 12.1 Å². The number of hydrogen-bond donors (Lipinski definition) is 1. The summed E-state index contributed by atoms with van der Waals surface area (Å²) in [5.74, 6) is 1.39. The lowest BCUT2D eigenvalue weighted by Crippen LogP contribution is -2.01. The van der Waals surface area contributed by atoms with E-state index in [1.54, 1.807) is 12.1 Å². The van der Waals surface area contributed by atoms with Crippen molar-refractivity contribution in [1.29, 1.82) is 5.26 Å². The first kappa shape index (κ1) is 12.9. The zero-order valence-electron chi connectivity index (χ0n) is 11.3. The Kier molecular flexibility index (Phi) is 3.61. The van der Waals surface area contributed by atoms with Crippen LogP contribution >= 0.6 is 0 Å². The van der Waals surface area contributed by atoms with E-state index in [1.807, 2.05) is 41.2 Å². The second-order valence-corrected chi connectivity index (χ2v) is 4.55. The molecule has 2 heterocycles. The molecule has 0 fully saturated rings. The van der Waals surface area contributed by atoms with Crippen LogP contribution in [0.15, 0.2) is 60.9 Å². The molecule has 0 amide bonds. The first-order valence-electron chi connectivity index (χ1n) is 6.54. The van der Waals surface area contributed by atoms with Gasteiger partial charge in [-0.1, -0.05) is 30.3 Å². The van der Waals surface area contributed by atoms with Crippen LogP contribution in [0.2, 0.25) is 0 Å². The zero-order valence-corrected chi connectivity index (χ0v) is 11.3. The third kappa shape index (κ3) is 3.25. The summed E-state index contributed by atoms with van der Waals surface area (Å²) in [5, 5.41) is 16.3. The molecule has 0 bridgehead atoms. The van der Waals surface area contributed by atoms with Gasteiger partial charge in [0.2, 0.25) is 0 Å². The Morgan fingerprint density at radius 3 is 2.62 bits per heavy atom. The molecule has 5 nitrogen and oxygen atoms in total. The van der Waals surface area contributed by atoms with Gasteiger partial charge in [-0.05, 0) is 17.7 Å². The molecule has 0 spiro atoms. The molecule has 102 valence electrons. The molecule has 0 unspecified atom stereocenters. The van der Waals surface area contributed by atoms with Crippen LogP contribution in [0, 0.1) is 11.3 Å². The highest BCUT2D eigenvalue weighted by Crippen LogP contribution is 2.12. The molecule has 0 aliphatic carbocycles. The van der Waals surface area contributed by atoms with Crippen molar-refractivity contribution in [2.75, 3.05) is 5.32 Å². The first-order chi connectivity index (χ1) is 10.3. The molecule has 0 aliphatic heterocycles. The Morgan fingerprint density at radius 1 is 1.05 bits per heavy atom. The van der Waals surface area contributed by atoms with Gasteiger partial charge in [0.25, 0.3) is 0 Å². The summed E-state index contributed by atoms with van der Waals surface area (Å²) >= 11 is 0. The molecule has 2 aromatic heterocycles. The van der Waals surface area contributed by atoms with E-state index in [1.165, 1.54) is 11.8 Å². The Hall–Kier alpha value is -3.13. The molecule has 21 heavy (non-hydrogen) atoms. The van der Waals surface area contributed by atoms with Crippen molar-refractivity contribution in [1.82, 2.24) is 14.8 Å². The quantitative estimate of drug-likeness (QED) is 0.795. The molecule has 0 radical (unpaired) electrons. The Balaban J connectivity index is 1.68. The van der Waals surface area contributed by atoms with Gasteiger partial charge in [0.15, 0.2) is 5.82 Å². The van der Waals surface area contributed by atoms with Crippen molar-refractivity contribution in [3.05, 3.63) is 72.1 Å². The largest absolute Gasteiger partial charge is 0.323 e. The summed E-state index contributed by atoms with van der Waals surface area (Å²) in [5.41, 5.74) is 1.74. The van der Waals surface area contributed by atoms with Crippen LogP contribution in [-0.4, -0.2) is 14.8 Å². The fourth-order valence-electron chi connectivity index (χ4n) is 1.95. The second kappa shape index (κ2) is 5.88. The minimum Gasteiger partial charge on any atom is -0.323 e. The van der Waals surface area contributed by atoms with E-state index in [0.717, 1.165) is 12.4 Å². The molecule has 3 aromatic rings. The normalized spacial score (nSPS) is 10.0. The standard InChI is InChI=1S/C16H13N5/c17-10-14-6-7-15(18-11-14)19-16-8-9-21(20-16)12-13-4-2-1-3-5-13/h1-9,11H,12H2,(H,18,19,20). The predicted octanol–water partition coefficient (Wildman–Crippen LogP) is 2.94. The van der Waals surface area contributed by atoms with E-state index in [0.29, 0.717) is 11.4 Å². The highest BCUT2D eigenvalue weighted by atomic mass is 15.3. The van der Waals surface area contributed by atoms with E-state index in [-0.39, 0.29) is 0 Å². The molecule has 1 aromatic carbocycles. The van der Waals surface area contributed by atoms with Crippen molar-refractivity contribution in [2.24, 2.45) is 0 Å². The van der Waals surface area contributed by atoms with E-state index < -0.39 is 0 Å². The summed E-state index contributed by atoms with van der Waals surface area (Å²) in [4.78, 5) is 4.16. The van der Waals surface area contributed by atoms with Gasteiger partial charge < -0.3 is 5.32 Å². The van der Waals surface area contributed by atoms with Crippen molar-refractivity contribution < 1.29 is 0 Å². The monoisotopic (exact) mass is 275 g/mol. The summed E-state index contributed by atoms with van der Waals surface area (Å²) in [6.07, 6.45) is 3.45. The van der Waals surface area contributed by atoms with E-state index >= 15 is 0 Å². The Bertz CT molecular complexity index is 753. The lowest BCUT2D eigenvalue weighted by molar-refractivity contribution is 0.689. The third-order valence-electron chi connectivity index (χ3n) is 2.98.